The fourth-order valence-corrected chi connectivity index (χ4v) is 5.42. The zero-order valence-electron chi connectivity index (χ0n) is 11.5. The summed E-state index contributed by atoms with van der Waals surface area (Å²) in [5, 5.41) is 8.43. The number of urea groups is 2. The first-order valence-corrected chi connectivity index (χ1v) is 7.30. The number of fused-ring (bicyclic) bond motifs is 2. The molecular formula is C13H18N6O2. The molecule has 4 rings (SSSR count). The van der Waals surface area contributed by atoms with Crippen molar-refractivity contribution >= 4 is 23.5 Å². The summed E-state index contributed by atoms with van der Waals surface area (Å²) in [6, 6.07) is -1.27. The summed E-state index contributed by atoms with van der Waals surface area (Å²) in [4.78, 5) is 21.7. The van der Waals surface area contributed by atoms with E-state index < -0.39 is 12.1 Å². The number of nitrogens with zero attached hydrogens (tertiary/aromatic N) is 2. The van der Waals surface area contributed by atoms with Crippen LogP contribution in [0.4, 0.5) is 9.59 Å². The van der Waals surface area contributed by atoms with Gasteiger partial charge in [-0.3, -0.25) is 0 Å². The SMILES string of the molecule is NC(=O)N/N=C1\C[C@@H]2[C@@H]3C/C(=N\NC(N)=O)[C@@H]4[C@H]3C[C@H]2[C@@H]14. The van der Waals surface area contributed by atoms with Gasteiger partial charge in [-0.1, -0.05) is 0 Å². The summed E-state index contributed by atoms with van der Waals surface area (Å²) in [6.07, 6.45) is 3.10. The number of nitrogens with two attached hydrogens (primary N) is 2. The second kappa shape index (κ2) is 4.19. The smallest absolute Gasteiger partial charge is 0.332 e. The van der Waals surface area contributed by atoms with Crippen molar-refractivity contribution in [2.75, 3.05) is 0 Å². The lowest BCUT2D eigenvalue weighted by Gasteiger charge is -2.24. The zero-order valence-corrected chi connectivity index (χ0v) is 11.5. The van der Waals surface area contributed by atoms with Crippen LogP contribution >= 0.6 is 0 Å². The first kappa shape index (κ1) is 12.6. The second-order valence-corrected chi connectivity index (χ2v) is 6.51. The van der Waals surface area contributed by atoms with Crippen molar-refractivity contribution in [2.24, 2.45) is 57.2 Å². The third-order valence-electron chi connectivity index (χ3n) is 5.78. The van der Waals surface area contributed by atoms with E-state index in [1.54, 1.807) is 0 Å². The van der Waals surface area contributed by atoms with E-state index in [9.17, 15) is 9.59 Å². The standard InChI is InChI=1S/C13H18N6O2/c14-12(20)18-16-8-2-4-5-3-9(17-19-13(15)21)11-7(5)1-6(4)10(8)11/h4-7,10-11H,1-3H2,(H3,14,18,20)(H3,15,19,21)/b16-8+,17-9+/t4-,5+,6-,7+,10-,11-/m0/s1. The van der Waals surface area contributed by atoms with Gasteiger partial charge in [-0.25, -0.2) is 20.4 Å². The molecule has 4 aliphatic carbocycles. The van der Waals surface area contributed by atoms with Crippen LogP contribution in [0.3, 0.4) is 0 Å². The topological polar surface area (TPSA) is 135 Å². The molecule has 0 aromatic heterocycles. The van der Waals surface area contributed by atoms with Gasteiger partial charge in [-0.05, 0) is 42.9 Å². The summed E-state index contributed by atoms with van der Waals surface area (Å²) >= 11 is 0. The van der Waals surface area contributed by atoms with Crippen molar-refractivity contribution in [3.63, 3.8) is 0 Å². The number of hydrogen-bond acceptors (Lipinski definition) is 4. The molecule has 8 nitrogen and oxygen atoms in total. The molecule has 0 aromatic rings. The molecule has 0 saturated heterocycles. The minimum atomic E-state index is -0.634. The maximum absolute atomic E-state index is 10.9. The Bertz CT molecular complexity index is 531. The minimum absolute atomic E-state index is 0.332. The highest BCUT2D eigenvalue weighted by Crippen LogP contribution is 2.68. The van der Waals surface area contributed by atoms with Crippen LogP contribution in [0.2, 0.25) is 0 Å². The number of nitrogens with one attached hydrogen (secondary N) is 2. The Hall–Kier alpha value is -2.12. The average molecular weight is 290 g/mol. The van der Waals surface area contributed by atoms with Gasteiger partial charge in [0.2, 0.25) is 0 Å². The molecule has 4 amide bonds. The molecule has 21 heavy (non-hydrogen) atoms. The minimum Gasteiger partial charge on any atom is -0.350 e. The van der Waals surface area contributed by atoms with E-state index in [0.717, 1.165) is 24.3 Å². The molecule has 0 heterocycles. The Labute approximate surface area is 121 Å². The number of primary amides is 2. The average Bonchev–Trinajstić information content (AvgIpc) is 3.03. The summed E-state index contributed by atoms with van der Waals surface area (Å²) < 4.78 is 0. The summed E-state index contributed by atoms with van der Waals surface area (Å²) in [6.45, 7) is 0. The molecule has 8 heteroatoms. The third kappa shape index (κ3) is 1.68. The van der Waals surface area contributed by atoms with Gasteiger partial charge in [-0.2, -0.15) is 10.2 Å². The van der Waals surface area contributed by atoms with E-state index >= 15 is 0 Å². The molecular weight excluding hydrogens is 272 g/mol. The number of rotatable bonds is 2. The van der Waals surface area contributed by atoms with Gasteiger partial charge in [0.1, 0.15) is 0 Å². The van der Waals surface area contributed by atoms with Gasteiger partial charge in [0, 0.05) is 23.3 Å². The molecule has 112 valence electrons. The summed E-state index contributed by atoms with van der Waals surface area (Å²) in [5.41, 5.74) is 17.0. The Morgan fingerprint density at radius 1 is 0.857 bits per heavy atom. The normalized spacial score (nSPS) is 45.5. The lowest BCUT2D eigenvalue weighted by Crippen LogP contribution is -2.32. The maximum atomic E-state index is 10.9. The predicted molar refractivity (Wildman–Crippen MR) is 75.1 cm³/mol. The fourth-order valence-electron chi connectivity index (χ4n) is 5.42. The van der Waals surface area contributed by atoms with E-state index in [-0.39, 0.29) is 0 Å². The molecule has 4 saturated carbocycles. The number of carbonyl (C=O) groups excluding carboxylic acids is 2. The Morgan fingerprint density at radius 3 is 1.67 bits per heavy atom. The van der Waals surface area contributed by atoms with Crippen molar-refractivity contribution in [2.45, 2.75) is 19.3 Å². The van der Waals surface area contributed by atoms with Crippen LogP contribution in [-0.2, 0) is 0 Å². The van der Waals surface area contributed by atoms with Gasteiger partial charge >= 0.3 is 12.1 Å². The largest absolute Gasteiger partial charge is 0.350 e. The molecule has 0 aliphatic heterocycles. The molecule has 0 aromatic carbocycles. The second-order valence-electron chi connectivity index (χ2n) is 6.51. The number of hydrogen-bond donors (Lipinski definition) is 4. The highest BCUT2D eigenvalue weighted by molar-refractivity contribution is 6.01. The Balaban J connectivity index is 1.63. The maximum Gasteiger partial charge on any atom is 0.332 e. The van der Waals surface area contributed by atoms with Gasteiger partial charge in [0.25, 0.3) is 0 Å². The summed E-state index contributed by atoms with van der Waals surface area (Å²) in [7, 11) is 0. The van der Waals surface area contributed by atoms with Crippen molar-refractivity contribution in [1.82, 2.24) is 10.9 Å². The quantitative estimate of drug-likeness (QED) is 0.531. The van der Waals surface area contributed by atoms with Crippen molar-refractivity contribution < 1.29 is 9.59 Å². The van der Waals surface area contributed by atoms with Crippen LogP contribution in [0.15, 0.2) is 10.2 Å². The predicted octanol–water partition coefficient (Wildman–Crippen LogP) is -0.0431. The first-order chi connectivity index (χ1) is 10.1. The number of hydrazone groups is 2. The molecule has 2 bridgehead atoms. The lowest BCUT2D eigenvalue weighted by molar-refractivity contribution is 0.241. The third-order valence-corrected chi connectivity index (χ3v) is 5.78. The molecule has 4 fully saturated rings. The molecule has 4 aliphatic rings. The highest BCUT2D eigenvalue weighted by Gasteiger charge is 2.67. The van der Waals surface area contributed by atoms with Crippen LogP contribution in [0.25, 0.3) is 0 Å². The molecule has 0 radical (unpaired) electrons. The van der Waals surface area contributed by atoms with Crippen LogP contribution in [0, 0.1) is 35.5 Å². The zero-order chi connectivity index (χ0) is 14.7. The van der Waals surface area contributed by atoms with E-state index in [0.29, 0.717) is 35.5 Å². The number of amides is 4. The Morgan fingerprint density at radius 2 is 1.29 bits per heavy atom. The molecule has 6 atom stereocenters. The van der Waals surface area contributed by atoms with E-state index in [1.807, 2.05) is 0 Å². The lowest BCUT2D eigenvalue weighted by atomic mass is 9.79. The van der Waals surface area contributed by atoms with Gasteiger partial charge < -0.3 is 11.5 Å². The van der Waals surface area contributed by atoms with Crippen LogP contribution in [-0.4, -0.2) is 23.5 Å². The van der Waals surface area contributed by atoms with Gasteiger partial charge in [0.15, 0.2) is 0 Å². The summed E-state index contributed by atoms with van der Waals surface area (Å²) in [5.74, 6) is 3.20. The van der Waals surface area contributed by atoms with Crippen LogP contribution < -0.4 is 22.3 Å². The van der Waals surface area contributed by atoms with E-state index in [1.165, 1.54) is 6.42 Å². The monoisotopic (exact) mass is 290 g/mol. The van der Waals surface area contributed by atoms with Crippen LogP contribution in [0.5, 0.6) is 0 Å². The van der Waals surface area contributed by atoms with Gasteiger partial charge in [0.05, 0.1) is 0 Å². The highest BCUT2D eigenvalue weighted by atomic mass is 16.2. The molecule has 0 unspecified atom stereocenters. The van der Waals surface area contributed by atoms with E-state index in [4.69, 9.17) is 11.5 Å². The fraction of sp³-hybridized carbons (Fsp3) is 0.692. The molecule has 6 N–H and O–H groups in total. The molecule has 0 spiro atoms. The van der Waals surface area contributed by atoms with Gasteiger partial charge in [-0.15, -0.1) is 0 Å². The van der Waals surface area contributed by atoms with Crippen LogP contribution in [0.1, 0.15) is 19.3 Å². The van der Waals surface area contributed by atoms with Crippen molar-refractivity contribution in [3.05, 3.63) is 0 Å². The van der Waals surface area contributed by atoms with E-state index in [2.05, 4.69) is 21.1 Å². The Kier molecular flexibility index (Phi) is 2.51. The van der Waals surface area contributed by atoms with Crippen molar-refractivity contribution in [1.29, 1.82) is 0 Å². The first-order valence-electron chi connectivity index (χ1n) is 7.30. The van der Waals surface area contributed by atoms with Crippen molar-refractivity contribution in [3.8, 4) is 0 Å². The number of carbonyl (C=O) groups is 2.